The first-order valence-electron chi connectivity index (χ1n) is 9.78. The molecule has 0 bridgehead atoms. The van der Waals surface area contributed by atoms with Crippen LogP contribution in [0.15, 0.2) is 35.7 Å². The second kappa shape index (κ2) is 8.36. The van der Waals surface area contributed by atoms with E-state index >= 15 is 0 Å². The summed E-state index contributed by atoms with van der Waals surface area (Å²) in [7, 11) is 0. The summed E-state index contributed by atoms with van der Waals surface area (Å²) in [4.78, 5) is 15.7. The molecule has 1 aromatic heterocycles. The number of anilines is 1. The molecule has 1 amide bonds. The first-order chi connectivity index (χ1) is 12.5. The molecule has 1 saturated heterocycles. The van der Waals surface area contributed by atoms with Gasteiger partial charge in [0.2, 0.25) is 0 Å². The number of likely N-dealkylation sites (tertiary alicyclic amines) is 1. The van der Waals surface area contributed by atoms with E-state index in [1.54, 1.807) is 0 Å². The Morgan fingerprint density at radius 3 is 2.42 bits per heavy atom. The number of benzene rings is 1. The van der Waals surface area contributed by atoms with Crippen LogP contribution in [0.4, 0.5) is 5.69 Å². The zero-order valence-electron chi connectivity index (χ0n) is 16.3. The van der Waals surface area contributed by atoms with Gasteiger partial charge in [0.05, 0.1) is 11.4 Å². The van der Waals surface area contributed by atoms with Crippen LogP contribution in [0.25, 0.3) is 0 Å². The van der Waals surface area contributed by atoms with Crippen molar-refractivity contribution in [3.05, 3.63) is 51.7 Å². The van der Waals surface area contributed by atoms with Crippen molar-refractivity contribution in [3.8, 4) is 0 Å². The highest BCUT2D eigenvalue weighted by molar-refractivity contribution is 7.10. The predicted octanol–water partition coefficient (Wildman–Crippen LogP) is 4.35. The Bertz CT molecular complexity index is 710. The average molecular weight is 372 g/mol. The molecule has 3 nitrogen and oxygen atoms in total. The lowest BCUT2D eigenvalue weighted by atomic mass is 9.92. The quantitative estimate of drug-likeness (QED) is 0.777. The number of carbonyl (C=O) groups is 1. The van der Waals surface area contributed by atoms with Gasteiger partial charge in [-0.05, 0) is 34.4 Å². The minimum Gasteiger partial charge on any atom is -0.321 e. The van der Waals surface area contributed by atoms with Crippen LogP contribution in [0.5, 0.6) is 0 Å². The van der Waals surface area contributed by atoms with Gasteiger partial charge in [-0.25, -0.2) is 0 Å². The third-order valence-electron chi connectivity index (χ3n) is 5.40. The number of para-hydroxylation sites is 1. The maximum absolute atomic E-state index is 12.9. The number of thiophene rings is 1. The molecular weight excluding hydrogens is 340 g/mol. The van der Waals surface area contributed by atoms with Gasteiger partial charge in [-0.2, -0.15) is 0 Å². The number of hydrogen-bond donors (Lipinski definition) is 2. The van der Waals surface area contributed by atoms with Crippen LogP contribution in [-0.4, -0.2) is 19.0 Å². The van der Waals surface area contributed by atoms with Gasteiger partial charge in [0, 0.05) is 18.5 Å². The summed E-state index contributed by atoms with van der Waals surface area (Å²) in [5.41, 5.74) is 3.50. The van der Waals surface area contributed by atoms with Gasteiger partial charge in [-0.3, -0.25) is 4.79 Å². The summed E-state index contributed by atoms with van der Waals surface area (Å²) in [6.45, 7) is 10.4. The fraction of sp³-hybridized carbons (Fsp3) is 0.500. The maximum Gasteiger partial charge on any atom is 0.279 e. The highest BCUT2D eigenvalue weighted by atomic mass is 32.1. The Kier molecular flexibility index (Phi) is 6.15. The molecule has 2 N–H and O–H groups in total. The molecule has 0 saturated carbocycles. The van der Waals surface area contributed by atoms with Crippen LogP contribution < -0.4 is 10.2 Å². The Labute approximate surface area is 161 Å². The first kappa shape index (κ1) is 19.1. The molecule has 0 radical (unpaired) electrons. The van der Waals surface area contributed by atoms with Crippen molar-refractivity contribution in [3.63, 3.8) is 0 Å². The Morgan fingerprint density at radius 1 is 1.15 bits per heavy atom. The van der Waals surface area contributed by atoms with Crippen molar-refractivity contribution in [2.24, 2.45) is 0 Å². The number of quaternary nitrogens is 1. The molecule has 0 aliphatic carbocycles. The van der Waals surface area contributed by atoms with Crippen LogP contribution in [0, 0.1) is 0 Å². The van der Waals surface area contributed by atoms with E-state index in [1.165, 1.54) is 33.7 Å². The molecule has 26 heavy (non-hydrogen) atoms. The van der Waals surface area contributed by atoms with E-state index in [0.29, 0.717) is 24.4 Å². The predicted molar refractivity (Wildman–Crippen MR) is 110 cm³/mol. The fourth-order valence-electron chi connectivity index (χ4n) is 4.04. The lowest BCUT2D eigenvalue weighted by Crippen LogP contribution is -3.11. The van der Waals surface area contributed by atoms with E-state index in [1.807, 2.05) is 11.3 Å². The molecular formula is C22H31N2OS+. The Hall–Kier alpha value is -1.65. The van der Waals surface area contributed by atoms with Gasteiger partial charge in [0.1, 0.15) is 6.04 Å². The summed E-state index contributed by atoms with van der Waals surface area (Å²) in [5, 5.41) is 5.42. The van der Waals surface area contributed by atoms with Gasteiger partial charge >= 0.3 is 0 Å². The van der Waals surface area contributed by atoms with Crippen LogP contribution >= 0.6 is 11.3 Å². The summed E-state index contributed by atoms with van der Waals surface area (Å²) in [6.07, 6.45) is 2.38. The van der Waals surface area contributed by atoms with E-state index in [2.05, 4.69) is 68.7 Å². The van der Waals surface area contributed by atoms with E-state index in [4.69, 9.17) is 0 Å². The third kappa shape index (κ3) is 4.18. The van der Waals surface area contributed by atoms with E-state index in [0.717, 1.165) is 12.2 Å². The number of amides is 1. The lowest BCUT2D eigenvalue weighted by molar-refractivity contribution is -0.910. The Morgan fingerprint density at radius 2 is 1.85 bits per heavy atom. The van der Waals surface area contributed by atoms with E-state index < -0.39 is 0 Å². The Balaban J connectivity index is 1.76. The third-order valence-corrected chi connectivity index (χ3v) is 6.38. The number of nitrogens with one attached hydrogen (secondary N) is 2. The molecule has 0 spiro atoms. The SMILES string of the molecule is CC(C)c1cccc(C(C)C)c1NC(=O)C[NH+]1CCC[C@@H]1c1cccs1. The van der Waals surface area contributed by atoms with Crippen molar-refractivity contribution in [1.29, 1.82) is 0 Å². The smallest absolute Gasteiger partial charge is 0.279 e. The van der Waals surface area contributed by atoms with Crippen molar-refractivity contribution >= 4 is 22.9 Å². The molecule has 1 aliphatic rings. The number of carbonyl (C=O) groups excluding carboxylic acids is 1. The van der Waals surface area contributed by atoms with E-state index in [-0.39, 0.29) is 5.91 Å². The molecule has 140 valence electrons. The van der Waals surface area contributed by atoms with Crippen molar-refractivity contribution in [2.45, 2.75) is 58.4 Å². The van der Waals surface area contributed by atoms with Crippen molar-refractivity contribution < 1.29 is 9.69 Å². The summed E-state index contributed by atoms with van der Waals surface area (Å²) in [6, 6.07) is 11.2. The molecule has 1 aliphatic heterocycles. The molecule has 3 rings (SSSR count). The van der Waals surface area contributed by atoms with Crippen LogP contribution in [0.3, 0.4) is 0 Å². The van der Waals surface area contributed by atoms with Crippen molar-refractivity contribution in [2.75, 3.05) is 18.4 Å². The maximum atomic E-state index is 12.9. The fourth-order valence-corrected chi connectivity index (χ4v) is 4.96. The lowest BCUT2D eigenvalue weighted by Gasteiger charge is -2.23. The van der Waals surface area contributed by atoms with Crippen LogP contribution in [-0.2, 0) is 4.79 Å². The average Bonchev–Trinajstić information content (AvgIpc) is 3.25. The van der Waals surface area contributed by atoms with Crippen molar-refractivity contribution in [1.82, 2.24) is 0 Å². The molecule has 4 heteroatoms. The van der Waals surface area contributed by atoms with Gasteiger partial charge in [0.25, 0.3) is 5.91 Å². The monoisotopic (exact) mass is 371 g/mol. The second-order valence-electron chi connectivity index (χ2n) is 7.96. The molecule has 2 heterocycles. The largest absolute Gasteiger partial charge is 0.321 e. The highest BCUT2D eigenvalue weighted by Crippen LogP contribution is 2.32. The highest BCUT2D eigenvalue weighted by Gasteiger charge is 2.32. The minimum absolute atomic E-state index is 0.137. The summed E-state index contributed by atoms with van der Waals surface area (Å²) in [5.74, 6) is 0.919. The number of hydrogen-bond acceptors (Lipinski definition) is 2. The zero-order valence-corrected chi connectivity index (χ0v) is 17.2. The molecule has 2 aromatic rings. The normalized spacial score (nSPS) is 20.1. The topological polar surface area (TPSA) is 33.5 Å². The van der Waals surface area contributed by atoms with Gasteiger partial charge in [0.15, 0.2) is 6.54 Å². The van der Waals surface area contributed by atoms with Crippen LogP contribution in [0.2, 0.25) is 0 Å². The van der Waals surface area contributed by atoms with Gasteiger partial charge in [-0.15, -0.1) is 11.3 Å². The van der Waals surface area contributed by atoms with E-state index in [9.17, 15) is 4.79 Å². The standard InChI is InChI=1S/C22H30N2OS/c1-15(2)17-8-5-9-18(16(3)4)22(17)23-21(25)14-24-12-6-10-19(24)20-11-7-13-26-20/h5,7-9,11,13,15-16,19H,6,10,12,14H2,1-4H3,(H,23,25)/p+1/t19-/m1/s1. The summed E-state index contributed by atoms with van der Waals surface area (Å²) < 4.78 is 0. The molecule has 1 aromatic carbocycles. The zero-order chi connectivity index (χ0) is 18.7. The molecule has 2 atom stereocenters. The second-order valence-corrected chi connectivity index (χ2v) is 8.94. The first-order valence-corrected chi connectivity index (χ1v) is 10.7. The van der Waals surface area contributed by atoms with Gasteiger partial charge < -0.3 is 10.2 Å². The van der Waals surface area contributed by atoms with Gasteiger partial charge in [-0.1, -0.05) is 52.0 Å². The molecule has 1 unspecified atom stereocenters. The number of rotatable bonds is 6. The molecule has 1 fully saturated rings. The van der Waals surface area contributed by atoms with Crippen LogP contribution in [0.1, 0.15) is 74.4 Å². The summed E-state index contributed by atoms with van der Waals surface area (Å²) >= 11 is 1.82. The minimum atomic E-state index is 0.137.